The number of benzene rings is 1. The Hall–Kier alpha value is -2.09. The molecule has 0 radical (unpaired) electrons. The maximum atomic E-state index is 4.57. The Bertz CT molecular complexity index is 765. The molecule has 0 unspecified atom stereocenters. The Morgan fingerprint density at radius 1 is 1.10 bits per heavy atom. The molecule has 2 nitrogen and oxygen atoms in total. The normalized spacial score (nSPS) is 15.9. The van der Waals surface area contributed by atoms with Gasteiger partial charge in [0.15, 0.2) is 0 Å². The van der Waals surface area contributed by atoms with Crippen molar-refractivity contribution in [2.75, 3.05) is 0 Å². The van der Waals surface area contributed by atoms with E-state index in [0.717, 1.165) is 5.69 Å². The average molecular weight is 276 g/mol. The number of aryl methyl sites for hydroxylation is 1. The molecule has 0 aliphatic heterocycles. The summed E-state index contributed by atoms with van der Waals surface area (Å²) in [7, 11) is 0. The summed E-state index contributed by atoms with van der Waals surface area (Å²) in [6.07, 6.45) is 7.20. The zero-order chi connectivity index (χ0) is 14.2. The molecule has 1 saturated carbocycles. The molecule has 21 heavy (non-hydrogen) atoms. The Labute approximate surface area is 125 Å². The lowest BCUT2D eigenvalue weighted by Gasteiger charge is -2.11. The van der Waals surface area contributed by atoms with Gasteiger partial charge >= 0.3 is 0 Å². The highest BCUT2D eigenvalue weighted by Crippen LogP contribution is 2.42. The number of fused-ring (bicyclic) bond motifs is 1. The molecule has 2 heteroatoms. The number of nitrogens with zero attached hydrogens (tertiary/aromatic N) is 1. The molecule has 1 aliphatic carbocycles. The highest BCUT2D eigenvalue weighted by Gasteiger charge is 2.25. The van der Waals surface area contributed by atoms with Crippen LogP contribution in [0.15, 0.2) is 42.6 Å². The van der Waals surface area contributed by atoms with Gasteiger partial charge in [0, 0.05) is 17.1 Å². The quantitative estimate of drug-likeness (QED) is 0.685. The van der Waals surface area contributed by atoms with Crippen molar-refractivity contribution in [3.63, 3.8) is 0 Å². The maximum absolute atomic E-state index is 4.57. The second-order valence-corrected chi connectivity index (χ2v) is 6.16. The minimum atomic E-state index is 0.678. The molecule has 1 N–H and O–H groups in total. The topological polar surface area (TPSA) is 28.7 Å². The molecule has 3 aromatic rings. The Kier molecular flexibility index (Phi) is 3.03. The van der Waals surface area contributed by atoms with E-state index in [1.54, 1.807) is 0 Å². The molecular weight excluding hydrogens is 256 g/mol. The first kappa shape index (κ1) is 12.6. The molecule has 4 rings (SSSR count). The first-order valence-electron chi connectivity index (χ1n) is 7.86. The number of nitrogens with one attached hydrogen (secondary N) is 1. The van der Waals surface area contributed by atoms with Gasteiger partial charge in [-0.15, -0.1) is 0 Å². The summed E-state index contributed by atoms with van der Waals surface area (Å²) in [6.45, 7) is 2.17. The standard InChI is InChI=1S/C19H20N2/c1-13-9-10-16-15(12-13)18(14-6-2-3-7-14)19(21-16)17-8-4-5-11-20-17/h4-5,8-12,14,21H,2-3,6-7H2,1H3. The smallest absolute Gasteiger partial charge is 0.0867 e. The van der Waals surface area contributed by atoms with Gasteiger partial charge in [-0.1, -0.05) is 30.5 Å². The van der Waals surface area contributed by atoms with Gasteiger partial charge in [-0.25, -0.2) is 0 Å². The van der Waals surface area contributed by atoms with E-state index in [1.165, 1.54) is 53.4 Å². The fraction of sp³-hybridized carbons (Fsp3) is 0.316. The van der Waals surface area contributed by atoms with E-state index >= 15 is 0 Å². The molecule has 0 atom stereocenters. The van der Waals surface area contributed by atoms with Crippen LogP contribution in [0.3, 0.4) is 0 Å². The van der Waals surface area contributed by atoms with Crippen molar-refractivity contribution >= 4 is 10.9 Å². The number of aromatic nitrogens is 2. The number of hydrogen-bond donors (Lipinski definition) is 1. The minimum Gasteiger partial charge on any atom is -0.353 e. The molecule has 0 saturated heterocycles. The van der Waals surface area contributed by atoms with Crippen LogP contribution in [-0.4, -0.2) is 9.97 Å². The predicted octanol–water partition coefficient (Wildman–Crippen LogP) is 5.20. The van der Waals surface area contributed by atoms with E-state index in [4.69, 9.17) is 0 Å². The summed E-state index contributed by atoms with van der Waals surface area (Å²) in [5.74, 6) is 0.678. The largest absolute Gasteiger partial charge is 0.353 e. The number of hydrogen-bond acceptors (Lipinski definition) is 1. The monoisotopic (exact) mass is 276 g/mol. The molecule has 0 spiro atoms. The van der Waals surface area contributed by atoms with Gasteiger partial charge in [0.05, 0.1) is 11.4 Å². The molecular formula is C19H20N2. The molecule has 0 amide bonds. The van der Waals surface area contributed by atoms with E-state index in [2.05, 4.69) is 47.2 Å². The SMILES string of the molecule is Cc1ccc2[nH]c(-c3ccccn3)c(C3CCCC3)c2c1. The molecule has 0 bridgehead atoms. The number of H-pyrrole nitrogens is 1. The third kappa shape index (κ3) is 2.15. The van der Waals surface area contributed by atoms with Crippen LogP contribution < -0.4 is 0 Å². The summed E-state index contributed by atoms with van der Waals surface area (Å²) >= 11 is 0. The van der Waals surface area contributed by atoms with Crippen molar-refractivity contribution in [1.82, 2.24) is 9.97 Å². The highest BCUT2D eigenvalue weighted by molar-refractivity contribution is 5.91. The Morgan fingerprint density at radius 2 is 1.95 bits per heavy atom. The van der Waals surface area contributed by atoms with Crippen LogP contribution in [0.1, 0.15) is 42.7 Å². The van der Waals surface area contributed by atoms with Crippen LogP contribution in [0.5, 0.6) is 0 Å². The second-order valence-electron chi connectivity index (χ2n) is 6.16. The minimum absolute atomic E-state index is 0.678. The van der Waals surface area contributed by atoms with Gasteiger partial charge < -0.3 is 4.98 Å². The lowest BCUT2D eigenvalue weighted by molar-refractivity contribution is 0.730. The molecule has 2 heterocycles. The summed E-state index contributed by atoms with van der Waals surface area (Å²) in [5, 5.41) is 1.39. The number of pyridine rings is 1. The van der Waals surface area contributed by atoms with Crippen LogP contribution in [-0.2, 0) is 0 Å². The molecule has 106 valence electrons. The first-order valence-corrected chi connectivity index (χ1v) is 7.86. The van der Waals surface area contributed by atoms with Crippen molar-refractivity contribution in [2.24, 2.45) is 0 Å². The van der Waals surface area contributed by atoms with Crippen molar-refractivity contribution in [1.29, 1.82) is 0 Å². The van der Waals surface area contributed by atoms with Crippen molar-refractivity contribution in [3.8, 4) is 11.4 Å². The van der Waals surface area contributed by atoms with Crippen LogP contribution >= 0.6 is 0 Å². The zero-order valence-electron chi connectivity index (χ0n) is 12.4. The molecule has 2 aromatic heterocycles. The van der Waals surface area contributed by atoms with Crippen molar-refractivity contribution < 1.29 is 0 Å². The fourth-order valence-corrected chi connectivity index (χ4v) is 3.68. The molecule has 1 aromatic carbocycles. The van der Waals surface area contributed by atoms with Crippen LogP contribution in [0.4, 0.5) is 0 Å². The van der Waals surface area contributed by atoms with Gasteiger partial charge in [0.2, 0.25) is 0 Å². The van der Waals surface area contributed by atoms with Crippen LogP contribution in [0, 0.1) is 6.92 Å². The first-order chi connectivity index (χ1) is 10.3. The fourth-order valence-electron chi connectivity index (χ4n) is 3.68. The van der Waals surface area contributed by atoms with E-state index in [-0.39, 0.29) is 0 Å². The number of rotatable bonds is 2. The van der Waals surface area contributed by atoms with Crippen LogP contribution in [0.2, 0.25) is 0 Å². The zero-order valence-corrected chi connectivity index (χ0v) is 12.4. The van der Waals surface area contributed by atoms with Gasteiger partial charge in [0.25, 0.3) is 0 Å². The van der Waals surface area contributed by atoms with E-state index in [0.29, 0.717) is 5.92 Å². The predicted molar refractivity (Wildman–Crippen MR) is 87.5 cm³/mol. The third-order valence-corrected chi connectivity index (χ3v) is 4.68. The average Bonchev–Trinajstić information content (AvgIpc) is 3.14. The lowest BCUT2D eigenvalue weighted by atomic mass is 9.93. The summed E-state index contributed by atoms with van der Waals surface area (Å²) < 4.78 is 0. The van der Waals surface area contributed by atoms with Gasteiger partial charge in [-0.2, -0.15) is 0 Å². The second kappa shape index (κ2) is 5.03. The molecule has 1 fully saturated rings. The van der Waals surface area contributed by atoms with E-state index in [9.17, 15) is 0 Å². The van der Waals surface area contributed by atoms with Gasteiger partial charge in [-0.3, -0.25) is 4.98 Å². The lowest BCUT2D eigenvalue weighted by Crippen LogP contribution is -1.95. The molecule has 1 aliphatic rings. The van der Waals surface area contributed by atoms with Crippen molar-refractivity contribution in [2.45, 2.75) is 38.5 Å². The summed E-state index contributed by atoms with van der Waals surface area (Å²) in [4.78, 5) is 8.19. The van der Waals surface area contributed by atoms with Crippen molar-refractivity contribution in [3.05, 3.63) is 53.7 Å². The van der Waals surface area contributed by atoms with Gasteiger partial charge in [-0.05, 0) is 55.5 Å². The number of aromatic amines is 1. The Balaban J connectivity index is 1.98. The van der Waals surface area contributed by atoms with E-state index in [1.807, 2.05) is 12.3 Å². The van der Waals surface area contributed by atoms with Gasteiger partial charge in [0.1, 0.15) is 0 Å². The van der Waals surface area contributed by atoms with E-state index < -0.39 is 0 Å². The maximum Gasteiger partial charge on any atom is 0.0867 e. The van der Waals surface area contributed by atoms with Crippen LogP contribution in [0.25, 0.3) is 22.3 Å². The summed E-state index contributed by atoms with van der Waals surface area (Å²) in [6, 6.07) is 12.9. The summed E-state index contributed by atoms with van der Waals surface area (Å²) in [5.41, 5.74) is 6.35. The highest BCUT2D eigenvalue weighted by atomic mass is 14.8. The third-order valence-electron chi connectivity index (χ3n) is 4.68. The Morgan fingerprint density at radius 3 is 2.71 bits per heavy atom.